The fraction of sp³-hybridized carbons (Fsp3) is 0.500. The van der Waals surface area contributed by atoms with E-state index in [0.29, 0.717) is 13.2 Å². The van der Waals surface area contributed by atoms with Crippen molar-refractivity contribution >= 4 is 0 Å². The summed E-state index contributed by atoms with van der Waals surface area (Å²) in [5.41, 5.74) is 3.68. The number of hydrogen-bond acceptors (Lipinski definition) is 2. The van der Waals surface area contributed by atoms with Gasteiger partial charge in [-0.05, 0) is 35.4 Å². The molecule has 0 atom stereocenters. The fourth-order valence-electron chi connectivity index (χ4n) is 3.05. The van der Waals surface area contributed by atoms with Crippen LogP contribution in [0, 0.1) is 0 Å². The topological polar surface area (TPSA) is 18.5 Å². The molecule has 2 heteroatoms. The van der Waals surface area contributed by atoms with Crippen LogP contribution in [0.25, 0.3) is 0 Å². The van der Waals surface area contributed by atoms with Crippen molar-refractivity contribution in [2.45, 2.75) is 65.7 Å². The van der Waals surface area contributed by atoms with Crippen molar-refractivity contribution in [1.29, 1.82) is 0 Å². The Balaban J connectivity index is 2.35. The SMILES string of the molecule is CCOc1cc(C(C)(C)C)c(OCCc2ccccc2)cc1C(C)(C)C. The van der Waals surface area contributed by atoms with Crippen molar-refractivity contribution in [3.63, 3.8) is 0 Å². The molecule has 0 fully saturated rings. The van der Waals surface area contributed by atoms with E-state index in [-0.39, 0.29) is 10.8 Å². The predicted octanol–water partition coefficient (Wildman–Crippen LogP) is 6.30. The van der Waals surface area contributed by atoms with Crippen molar-refractivity contribution in [2.24, 2.45) is 0 Å². The quantitative estimate of drug-likeness (QED) is 0.606. The second-order valence-corrected chi connectivity index (χ2v) is 8.86. The van der Waals surface area contributed by atoms with E-state index in [1.165, 1.54) is 16.7 Å². The first-order valence-electron chi connectivity index (χ1n) is 9.61. The van der Waals surface area contributed by atoms with Gasteiger partial charge in [-0.15, -0.1) is 0 Å². The van der Waals surface area contributed by atoms with Crippen LogP contribution in [-0.2, 0) is 17.3 Å². The highest BCUT2D eigenvalue weighted by Gasteiger charge is 2.26. The molecule has 2 aromatic carbocycles. The van der Waals surface area contributed by atoms with Gasteiger partial charge in [0.25, 0.3) is 0 Å². The Morgan fingerprint density at radius 2 is 1.23 bits per heavy atom. The highest BCUT2D eigenvalue weighted by molar-refractivity contribution is 5.51. The molecule has 0 heterocycles. The third-order valence-electron chi connectivity index (χ3n) is 4.49. The zero-order valence-corrected chi connectivity index (χ0v) is 17.5. The van der Waals surface area contributed by atoms with Crippen LogP contribution >= 0.6 is 0 Å². The minimum atomic E-state index is -0.00958. The summed E-state index contributed by atoms with van der Waals surface area (Å²) >= 11 is 0. The normalized spacial score (nSPS) is 12.1. The largest absolute Gasteiger partial charge is 0.494 e. The van der Waals surface area contributed by atoms with E-state index in [2.05, 4.69) is 77.9 Å². The van der Waals surface area contributed by atoms with E-state index in [4.69, 9.17) is 9.47 Å². The van der Waals surface area contributed by atoms with Crippen molar-refractivity contribution in [1.82, 2.24) is 0 Å². The first-order valence-corrected chi connectivity index (χ1v) is 9.61. The number of hydrogen-bond donors (Lipinski definition) is 0. The molecule has 2 aromatic rings. The molecule has 0 N–H and O–H groups in total. The summed E-state index contributed by atoms with van der Waals surface area (Å²) in [6.45, 7) is 16.7. The van der Waals surface area contributed by atoms with Crippen LogP contribution in [0.1, 0.15) is 65.2 Å². The van der Waals surface area contributed by atoms with E-state index >= 15 is 0 Å². The predicted molar refractivity (Wildman–Crippen MR) is 111 cm³/mol. The summed E-state index contributed by atoms with van der Waals surface area (Å²) in [5, 5.41) is 0. The minimum Gasteiger partial charge on any atom is -0.494 e. The van der Waals surface area contributed by atoms with Crippen molar-refractivity contribution in [2.75, 3.05) is 13.2 Å². The van der Waals surface area contributed by atoms with Gasteiger partial charge in [0, 0.05) is 17.5 Å². The van der Waals surface area contributed by atoms with Crippen LogP contribution in [0.5, 0.6) is 11.5 Å². The maximum Gasteiger partial charge on any atom is 0.123 e. The van der Waals surface area contributed by atoms with E-state index < -0.39 is 0 Å². The second-order valence-electron chi connectivity index (χ2n) is 8.86. The maximum absolute atomic E-state index is 6.28. The standard InChI is InChI=1S/C24H34O2/c1-8-25-21-16-20(24(5,6)7)22(17-19(21)23(2,3)4)26-15-14-18-12-10-9-11-13-18/h9-13,16-17H,8,14-15H2,1-7H3. The molecule has 2 nitrogen and oxygen atoms in total. The van der Waals surface area contributed by atoms with Gasteiger partial charge in [-0.3, -0.25) is 0 Å². The monoisotopic (exact) mass is 354 g/mol. The Hall–Kier alpha value is -1.96. The van der Waals surface area contributed by atoms with Crippen molar-refractivity contribution < 1.29 is 9.47 Å². The lowest BCUT2D eigenvalue weighted by Gasteiger charge is -2.29. The zero-order valence-electron chi connectivity index (χ0n) is 17.5. The average molecular weight is 355 g/mol. The summed E-state index contributed by atoms with van der Waals surface area (Å²) in [4.78, 5) is 0. The molecule has 0 aliphatic heterocycles. The third-order valence-corrected chi connectivity index (χ3v) is 4.49. The zero-order chi connectivity index (χ0) is 19.4. The molecule has 0 spiro atoms. The molecule has 0 amide bonds. The molecular formula is C24H34O2. The van der Waals surface area contributed by atoms with Crippen LogP contribution in [0.2, 0.25) is 0 Å². The lowest BCUT2D eigenvalue weighted by molar-refractivity contribution is 0.304. The van der Waals surface area contributed by atoms with Gasteiger partial charge < -0.3 is 9.47 Å². The summed E-state index contributed by atoms with van der Waals surface area (Å²) in [5.74, 6) is 1.95. The smallest absolute Gasteiger partial charge is 0.123 e. The average Bonchev–Trinajstić information content (AvgIpc) is 2.55. The number of ether oxygens (including phenoxy) is 2. The Labute approximate surface area is 159 Å². The van der Waals surface area contributed by atoms with Gasteiger partial charge in [0.2, 0.25) is 0 Å². The Kier molecular flexibility index (Phi) is 6.39. The first kappa shape index (κ1) is 20.4. The van der Waals surface area contributed by atoms with Gasteiger partial charge in [-0.25, -0.2) is 0 Å². The molecule has 0 radical (unpaired) electrons. The maximum atomic E-state index is 6.28. The highest BCUT2D eigenvalue weighted by Crippen LogP contribution is 2.41. The van der Waals surface area contributed by atoms with Crippen LogP contribution in [0.3, 0.4) is 0 Å². The second kappa shape index (κ2) is 8.16. The first-order chi connectivity index (χ1) is 12.1. The molecule has 0 bridgehead atoms. The van der Waals surface area contributed by atoms with Gasteiger partial charge in [-0.2, -0.15) is 0 Å². The van der Waals surface area contributed by atoms with E-state index in [9.17, 15) is 0 Å². The Morgan fingerprint density at radius 1 is 0.731 bits per heavy atom. The fourth-order valence-corrected chi connectivity index (χ4v) is 3.05. The van der Waals surface area contributed by atoms with Crippen LogP contribution in [-0.4, -0.2) is 13.2 Å². The molecular weight excluding hydrogens is 320 g/mol. The lowest BCUT2D eigenvalue weighted by Crippen LogP contribution is -2.19. The molecule has 2 rings (SSSR count). The lowest BCUT2D eigenvalue weighted by atomic mass is 9.81. The van der Waals surface area contributed by atoms with Crippen LogP contribution in [0.15, 0.2) is 42.5 Å². The third kappa shape index (κ3) is 5.27. The summed E-state index contributed by atoms with van der Waals surface area (Å²) < 4.78 is 12.3. The van der Waals surface area contributed by atoms with Gasteiger partial charge in [0.1, 0.15) is 11.5 Å². The molecule has 0 aromatic heterocycles. The number of benzene rings is 2. The molecule has 0 saturated heterocycles. The van der Waals surface area contributed by atoms with Crippen molar-refractivity contribution in [3.8, 4) is 11.5 Å². The van der Waals surface area contributed by atoms with E-state index in [1.54, 1.807) is 0 Å². The van der Waals surface area contributed by atoms with E-state index in [0.717, 1.165) is 17.9 Å². The summed E-state index contributed by atoms with van der Waals surface area (Å²) in [6.07, 6.45) is 0.905. The van der Waals surface area contributed by atoms with Gasteiger partial charge in [0.15, 0.2) is 0 Å². The summed E-state index contributed by atoms with van der Waals surface area (Å²) in [7, 11) is 0. The minimum absolute atomic E-state index is 0.00153. The van der Waals surface area contributed by atoms with Gasteiger partial charge in [-0.1, -0.05) is 71.9 Å². The molecule has 0 unspecified atom stereocenters. The summed E-state index contributed by atoms with van der Waals surface area (Å²) in [6, 6.07) is 14.9. The molecule has 142 valence electrons. The Bertz CT molecular complexity index is 703. The number of rotatable bonds is 6. The molecule has 0 aliphatic rings. The van der Waals surface area contributed by atoms with Crippen LogP contribution < -0.4 is 9.47 Å². The Morgan fingerprint density at radius 3 is 1.69 bits per heavy atom. The van der Waals surface area contributed by atoms with Crippen LogP contribution in [0.4, 0.5) is 0 Å². The van der Waals surface area contributed by atoms with E-state index in [1.807, 2.05) is 13.0 Å². The molecule has 0 saturated carbocycles. The molecule has 26 heavy (non-hydrogen) atoms. The van der Waals surface area contributed by atoms with Gasteiger partial charge in [0.05, 0.1) is 13.2 Å². The van der Waals surface area contributed by atoms with Gasteiger partial charge >= 0.3 is 0 Å². The highest BCUT2D eigenvalue weighted by atomic mass is 16.5. The van der Waals surface area contributed by atoms with Crippen molar-refractivity contribution in [3.05, 3.63) is 59.2 Å². The molecule has 0 aliphatic carbocycles.